The van der Waals surface area contributed by atoms with E-state index < -0.39 is 0 Å². The molecule has 0 amide bonds. The highest BCUT2D eigenvalue weighted by Gasteiger charge is 2.36. The molecule has 1 aliphatic heterocycles. The number of hydrogen-bond acceptors (Lipinski definition) is 2. The van der Waals surface area contributed by atoms with Gasteiger partial charge in [0.2, 0.25) is 0 Å². The van der Waals surface area contributed by atoms with Gasteiger partial charge in [0, 0.05) is 18.6 Å². The number of nitrogens with zero attached hydrogens (tertiary/aromatic N) is 1. The summed E-state index contributed by atoms with van der Waals surface area (Å²) in [4.78, 5) is 2.45. The van der Waals surface area contributed by atoms with Crippen LogP contribution in [0.15, 0.2) is 0 Å². The normalized spacial score (nSPS) is 21.7. The van der Waals surface area contributed by atoms with E-state index in [0.29, 0.717) is 11.6 Å². The van der Waals surface area contributed by atoms with Crippen LogP contribution >= 0.6 is 0 Å². The van der Waals surface area contributed by atoms with Crippen molar-refractivity contribution in [2.24, 2.45) is 0 Å². The van der Waals surface area contributed by atoms with Crippen LogP contribution in [0, 0.1) is 0 Å². The van der Waals surface area contributed by atoms with Gasteiger partial charge in [-0.1, -0.05) is 0 Å². The lowest BCUT2D eigenvalue weighted by Gasteiger charge is -2.49. The Hall–Kier alpha value is -0.0800. The van der Waals surface area contributed by atoms with Crippen molar-refractivity contribution in [2.75, 3.05) is 13.1 Å². The largest absolute Gasteiger partial charge is 0.370 e. The molecule has 0 N–H and O–H groups in total. The highest BCUT2D eigenvalue weighted by Crippen LogP contribution is 2.25. The Balaban J connectivity index is 2.27. The zero-order valence-electron chi connectivity index (χ0n) is 9.85. The molecule has 1 fully saturated rings. The molecule has 0 unspecified atom stereocenters. The summed E-state index contributed by atoms with van der Waals surface area (Å²) in [7, 11) is 0. The van der Waals surface area contributed by atoms with Crippen molar-refractivity contribution in [1.82, 2.24) is 4.90 Å². The summed E-state index contributed by atoms with van der Waals surface area (Å²) in [6, 6.07) is 0. The molecule has 1 saturated heterocycles. The van der Waals surface area contributed by atoms with Gasteiger partial charge in [-0.2, -0.15) is 0 Å². The molecule has 0 saturated carbocycles. The first-order valence-electron chi connectivity index (χ1n) is 5.11. The Labute approximate surface area is 82.3 Å². The van der Waals surface area contributed by atoms with Gasteiger partial charge in [-0.05, 0) is 41.5 Å². The smallest absolute Gasteiger partial charge is 0.0836 e. The van der Waals surface area contributed by atoms with Gasteiger partial charge in [0.15, 0.2) is 0 Å². The quantitative estimate of drug-likeness (QED) is 0.621. The molecule has 78 valence electrons. The summed E-state index contributed by atoms with van der Waals surface area (Å²) in [6.45, 7) is 15.3. The molecule has 1 rings (SSSR count). The molecule has 0 spiro atoms. The highest BCUT2D eigenvalue weighted by atomic mass is 16.5. The molecule has 0 bridgehead atoms. The average Bonchev–Trinajstić information content (AvgIpc) is 1.71. The van der Waals surface area contributed by atoms with Crippen molar-refractivity contribution < 1.29 is 4.74 Å². The van der Waals surface area contributed by atoms with Crippen molar-refractivity contribution in [1.29, 1.82) is 0 Å². The van der Waals surface area contributed by atoms with Gasteiger partial charge in [0.05, 0.1) is 11.7 Å². The second-order valence-electron chi connectivity index (χ2n) is 5.93. The first-order valence-corrected chi connectivity index (χ1v) is 5.11. The molecular weight excluding hydrogens is 162 g/mol. The van der Waals surface area contributed by atoms with Gasteiger partial charge in [-0.15, -0.1) is 0 Å². The second kappa shape index (κ2) is 3.25. The van der Waals surface area contributed by atoms with Gasteiger partial charge >= 0.3 is 0 Å². The van der Waals surface area contributed by atoms with E-state index in [1.54, 1.807) is 0 Å². The Bertz CT molecular complexity index is 170. The molecule has 0 atom stereocenters. The number of ether oxygens (including phenoxy) is 1. The molecule has 0 aromatic heterocycles. The summed E-state index contributed by atoms with van der Waals surface area (Å²) >= 11 is 0. The van der Waals surface area contributed by atoms with Gasteiger partial charge in [0.1, 0.15) is 0 Å². The van der Waals surface area contributed by atoms with E-state index in [0.717, 1.165) is 13.1 Å². The van der Waals surface area contributed by atoms with E-state index in [2.05, 4.69) is 46.4 Å². The third kappa shape index (κ3) is 3.28. The van der Waals surface area contributed by atoms with Crippen molar-refractivity contribution in [3.8, 4) is 0 Å². The lowest BCUT2D eigenvalue weighted by molar-refractivity contribution is -0.144. The Morgan fingerprint density at radius 1 is 1.00 bits per heavy atom. The van der Waals surface area contributed by atoms with Gasteiger partial charge in [-0.25, -0.2) is 0 Å². The first kappa shape index (κ1) is 11.0. The van der Waals surface area contributed by atoms with Crippen LogP contribution in [0.4, 0.5) is 0 Å². The minimum atomic E-state index is 0.00857. The Kier molecular flexibility index (Phi) is 2.75. The molecule has 1 heterocycles. The predicted octanol–water partition coefficient (Wildman–Crippen LogP) is 2.28. The average molecular weight is 185 g/mol. The fraction of sp³-hybridized carbons (Fsp3) is 1.00. The maximum absolute atomic E-state index is 5.86. The van der Waals surface area contributed by atoms with E-state index in [-0.39, 0.29) is 5.60 Å². The molecule has 2 nitrogen and oxygen atoms in total. The van der Waals surface area contributed by atoms with Crippen molar-refractivity contribution >= 4 is 0 Å². The van der Waals surface area contributed by atoms with Gasteiger partial charge in [-0.3, -0.25) is 4.90 Å². The lowest BCUT2D eigenvalue weighted by atomic mass is 9.98. The fourth-order valence-electron chi connectivity index (χ4n) is 1.56. The van der Waals surface area contributed by atoms with Crippen molar-refractivity contribution in [3.05, 3.63) is 0 Å². The molecule has 0 aromatic rings. The summed E-state index contributed by atoms with van der Waals surface area (Å²) in [5.74, 6) is 0. The Morgan fingerprint density at radius 2 is 1.46 bits per heavy atom. The summed E-state index contributed by atoms with van der Waals surface area (Å²) < 4.78 is 5.86. The zero-order chi connectivity index (χ0) is 10.3. The standard InChI is InChI=1S/C11H23NO/c1-10(2,3)12-7-9(8-12)13-11(4,5)6/h9H,7-8H2,1-6H3. The lowest BCUT2D eigenvalue weighted by Crippen LogP contribution is -2.60. The molecule has 1 aliphatic rings. The third-order valence-electron chi connectivity index (χ3n) is 2.32. The number of hydrogen-bond donors (Lipinski definition) is 0. The van der Waals surface area contributed by atoms with Gasteiger partial charge < -0.3 is 4.74 Å². The number of likely N-dealkylation sites (tertiary alicyclic amines) is 1. The van der Waals surface area contributed by atoms with Crippen molar-refractivity contribution in [2.45, 2.75) is 58.8 Å². The summed E-state index contributed by atoms with van der Waals surface area (Å²) in [5.41, 5.74) is 0.312. The molecule has 0 aliphatic carbocycles. The van der Waals surface area contributed by atoms with E-state index in [1.165, 1.54) is 0 Å². The van der Waals surface area contributed by atoms with Gasteiger partial charge in [0.25, 0.3) is 0 Å². The minimum absolute atomic E-state index is 0.00857. The van der Waals surface area contributed by atoms with Crippen molar-refractivity contribution in [3.63, 3.8) is 0 Å². The maximum atomic E-state index is 5.86. The number of rotatable bonds is 1. The highest BCUT2D eigenvalue weighted by molar-refractivity contribution is 4.90. The second-order valence-corrected chi connectivity index (χ2v) is 5.93. The monoisotopic (exact) mass is 185 g/mol. The van der Waals surface area contributed by atoms with E-state index in [1.807, 2.05) is 0 Å². The van der Waals surface area contributed by atoms with E-state index in [9.17, 15) is 0 Å². The fourth-order valence-corrected chi connectivity index (χ4v) is 1.56. The summed E-state index contributed by atoms with van der Waals surface area (Å²) in [6.07, 6.45) is 0.444. The van der Waals surface area contributed by atoms with Crippen LogP contribution in [0.5, 0.6) is 0 Å². The maximum Gasteiger partial charge on any atom is 0.0836 e. The van der Waals surface area contributed by atoms with Crippen LogP contribution in [0.2, 0.25) is 0 Å². The van der Waals surface area contributed by atoms with E-state index in [4.69, 9.17) is 4.74 Å². The molecular formula is C11H23NO. The topological polar surface area (TPSA) is 12.5 Å². The van der Waals surface area contributed by atoms with Crippen LogP contribution < -0.4 is 0 Å². The third-order valence-corrected chi connectivity index (χ3v) is 2.32. The van der Waals surface area contributed by atoms with Crippen LogP contribution in [0.3, 0.4) is 0 Å². The van der Waals surface area contributed by atoms with E-state index >= 15 is 0 Å². The Morgan fingerprint density at radius 3 is 1.77 bits per heavy atom. The zero-order valence-corrected chi connectivity index (χ0v) is 9.85. The minimum Gasteiger partial charge on any atom is -0.370 e. The molecule has 0 radical (unpaired) electrons. The molecule has 13 heavy (non-hydrogen) atoms. The van der Waals surface area contributed by atoms with Crippen LogP contribution in [0.1, 0.15) is 41.5 Å². The molecule has 2 heteroatoms. The predicted molar refractivity (Wildman–Crippen MR) is 56.0 cm³/mol. The SMILES string of the molecule is CC(C)(C)OC1CN(C(C)(C)C)C1. The van der Waals surface area contributed by atoms with Crippen LogP contribution in [0.25, 0.3) is 0 Å². The molecule has 0 aromatic carbocycles. The van der Waals surface area contributed by atoms with Crippen LogP contribution in [-0.2, 0) is 4.74 Å². The first-order chi connectivity index (χ1) is 5.68. The van der Waals surface area contributed by atoms with Crippen LogP contribution in [-0.4, -0.2) is 35.2 Å². The summed E-state index contributed by atoms with van der Waals surface area (Å²) in [5, 5.41) is 0.